The first-order chi connectivity index (χ1) is 15.1. The standard InChI is InChI=1S/C25H30N4O2/c26-14-16-7-9-29(10-8-16)23-11-17-3-1-2-4-20(17)25(23)31-19-5-6-22-21(13-19)18(15-28-22)12-24(27)30/h1-6,13,15-16,23,25,28H,7-12,14,26H2,(H2,27,30)/t23-,25-/m1/s1. The first-order valence-corrected chi connectivity index (χ1v) is 11.2. The molecule has 1 saturated heterocycles. The van der Waals surface area contributed by atoms with Crippen molar-refractivity contribution in [3.63, 3.8) is 0 Å². The van der Waals surface area contributed by atoms with Gasteiger partial charge in [0.25, 0.3) is 0 Å². The summed E-state index contributed by atoms with van der Waals surface area (Å²) in [6.45, 7) is 2.92. The number of amides is 1. The number of aromatic nitrogens is 1. The number of nitrogens with one attached hydrogen (secondary N) is 1. The van der Waals surface area contributed by atoms with E-state index in [4.69, 9.17) is 16.2 Å². The highest BCUT2D eigenvalue weighted by molar-refractivity contribution is 5.89. The van der Waals surface area contributed by atoms with Gasteiger partial charge in [-0.15, -0.1) is 0 Å². The van der Waals surface area contributed by atoms with E-state index in [0.29, 0.717) is 12.0 Å². The first-order valence-electron chi connectivity index (χ1n) is 11.2. The van der Waals surface area contributed by atoms with Gasteiger partial charge in [0.1, 0.15) is 11.9 Å². The smallest absolute Gasteiger partial charge is 0.221 e. The summed E-state index contributed by atoms with van der Waals surface area (Å²) in [6.07, 6.45) is 5.38. The molecule has 1 amide bonds. The number of primary amides is 1. The molecule has 0 saturated carbocycles. The van der Waals surface area contributed by atoms with E-state index < -0.39 is 0 Å². The molecule has 0 bridgehead atoms. The van der Waals surface area contributed by atoms with E-state index in [1.165, 1.54) is 11.1 Å². The molecule has 31 heavy (non-hydrogen) atoms. The van der Waals surface area contributed by atoms with Crippen LogP contribution in [0.15, 0.2) is 48.7 Å². The molecule has 1 fully saturated rings. The predicted octanol–water partition coefficient (Wildman–Crippen LogP) is 2.91. The Labute approximate surface area is 182 Å². The number of rotatable bonds is 6. The van der Waals surface area contributed by atoms with Crippen LogP contribution in [0.1, 0.15) is 35.6 Å². The molecule has 2 atom stereocenters. The molecule has 1 aliphatic carbocycles. The summed E-state index contributed by atoms with van der Waals surface area (Å²) in [7, 11) is 0. The number of hydrogen-bond acceptors (Lipinski definition) is 4. The topological polar surface area (TPSA) is 97.4 Å². The van der Waals surface area contributed by atoms with Crippen LogP contribution in [0.3, 0.4) is 0 Å². The lowest BCUT2D eigenvalue weighted by Crippen LogP contribution is -2.45. The van der Waals surface area contributed by atoms with Gasteiger partial charge in [0, 0.05) is 17.1 Å². The number of H-pyrrole nitrogens is 1. The van der Waals surface area contributed by atoms with Gasteiger partial charge >= 0.3 is 0 Å². The Morgan fingerprint density at radius 1 is 1.16 bits per heavy atom. The monoisotopic (exact) mass is 418 g/mol. The minimum atomic E-state index is -0.335. The number of nitrogens with two attached hydrogens (primary N) is 2. The van der Waals surface area contributed by atoms with E-state index in [0.717, 1.165) is 61.1 Å². The van der Waals surface area contributed by atoms with Gasteiger partial charge in [-0.3, -0.25) is 9.69 Å². The van der Waals surface area contributed by atoms with Crippen LogP contribution in [-0.4, -0.2) is 41.5 Å². The second-order valence-corrected chi connectivity index (χ2v) is 8.89. The Morgan fingerprint density at radius 3 is 2.74 bits per heavy atom. The van der Waals surface area contributed by atoms with E-state index in [1.54, 1.807) is 0 Å². The van der Waals surface area contributed by atoms with Gasteiger partial charge < -0.3 is 21.2 Å². The third-order valence-corrected chi connectivity index (χ3v) is 6.96. The average Bonchev–Trinajstić information content (AvgIpc) is 3.35. The van der Waals surface area contributed by atoms with Crippen LogP contribution in [0.5, 0.6) is 5.75 Å². The fourth-order valence-corrected chi connectivity index (χ4v) is 5.23. The van der Waals surface area contributed by atoms with Crippen LogP contribution in [0.2, 0.25) is 0 Å². The molecule has 6 heteroatoms. The zero-order valence-corrected chi connectivity index (χ0v) is 17.7. The van der Waals surface area contributed by atoms with Crippen molar-refractivity contribution >= 4 is 16.8 Å². The largest absolute Gasteiger partial charge is 0.484 e. The molecule has 5 rings (SSSR count). The molecule has 2 aliphatic rings. The van der Waals surface area contributed by atoms with E-state index >= 15 is 0 Å². The van der Waals surface area contributed by atoms with Crippen molar-refractivity contribution in [3.05, 3.63) is 65.4 Å². The van der Waals surface area contributed by atoms with Gasteiger partial charge in [-0.2, -0.15) is 0 Å². The molecule has 3 aromatic rings. The van der Waals surface area contributed by atoms with Crippen molar-refractivity contribution in [3.8, 4) is 5.75 Å². The van der Waals surface area contributed by atoms with Crippen LogP contribution >= 0.6 is 0 Å². The van der Waals surface area contributed by atoms with Gasteiger partial charge in [-0.05, 0) is 79.7 Å². The van der Waals surface area contributed by atoms with E-state index in [-0.39, 0.29) is 18.4 Å². The molecule has 0 radical (unpaired) electrons. The molecule has 0 unspecified atom stereocenters. The second-order valence-electron chi connectivity index (χ2n) is 8.89. The van der Waals surface area contributed by atoms with Crippen molar-refractivity contribution in [1.82, 2.24) is 9.88 Å². The van der Waals surface area contributed by atoms with Gasteiger partial charge in [0.2, 0.25) is 5.91 Å². The highest BCUT2D eigenvalue weighted by Crippen LogP contribution is 2.39. The van der Waals surface area contributed by atoms with Crippen LogP contribution < -0.4 is 16.2 Å². The van der Waals surface area contributed by atoms with E-state index in [9.17, 15) is 4.79 Å². The highest BCUT2D eigenvalue weighted by Gasteiger charge is 2.39. The second kappa shape index (κ2) is 8.36. The molecular weight excluding hydrogens is 388 g/mol. The maximum atomic E-state index is 11.4. The molecule has 2 aromatic carbocycles. The summed E-state index contributed by atoms with van der Waals surface area (Å²) >= 11 is 0. The highest BCUT2D eigenvalue weighted by atomic mass is 16.5. The number of nitrogens with zero attached hydrogens (tertiary/aromatic N) is 1. The minimum Gasteiger partial charge on any atom is -0.484 e. The summed E-state index contributed by atoms with van der Waals surface area (Å²) < 4.78 is 6.66. The summed E-state index contributed by atoms with van der Waals surface area (Å²) in [4.78, 5) is 17.2. The van der Waals surface area contributed by atoms with E-state index in [2.05, 4.69) is 34.1 Å². The van der Waals surface area contributed by atoms with Crippen molar-refractivity contribution in [2.24, 2.45) is 17.4 Å². The number of hydrogen-bond donors (Lipinski definition) is 3. The minimum absolute atomic E-state index is 0.0124. The Kier molecular flexibility index (Phi) is 5.42. The Morgan fingerprint density at radius 2 is 1.97 bits per heavy atom. The molecule has 1 aliphatic heterocycles. The van der Waals surface area contributed by atoms with Crippen molar-refractivity contribution < 1.29 is 9.53 Å². The lowest BCUT2D eigenvalue weighted by molar-refractivity contribution is -0.117. The van der Waals surface area contributed by atoms with Crippen LogP contribution in [0.25, 0.3) is 10.9 Å². The molecule has 6 nitrogen and oxygen atoms in total. The number of carbonyl (C=O) groups excluding carboxylic acids is 1. The maximum absolute atomic E-state index is 11.4. The maximum Gasteiger partial charge on any atom is 0.221 e. The van der Waals surface area contributed by atoms with Gasteiger partial charge in [0.05, 0.1) is 12.5 Å². The number of carbonyl (C=O) groups is 1. The number of ether oxygens (including phenoxy) is 1. The van der Waals surface area contributed by atoms with Gasteiger partial charge in [-0.1, -0.05) is 24.3 Å². The number of benzene rings is 2. The molecular formula is C25H30N4O2. The Bertz CT molecular complexity index is 1080. The van der Waals surface area contributed by atoms with E-state index in [1.807, 2.05) is 24.4 Å². The van der Waals surface area contributed by atoms with Crippen LogP contribution in [0, 0.1) is 5.92 Å². The lowest BCUT2D eigenvalue weighted by atomic mass is 9.95. The predicted molar refractivity (Wildman–Crippen MR) is 122 cm³/mol. The molecule has 0 spiro atoms. The molecule has 162 valence electrons. The lowest BCUT2D eigenvalue weighted by Gasteiger charge is -2.38. The zero-order chi connectivity index (χ0) is 21.4. The first kappa shape index (κ1) is 20.1. The fraction of sp³-hybridized carbons (Fsp3) is 0.400. The molecule has 2 heterocycles. The van der Waals surface area contributed by atoms with Crippen molar-refractivity contribution in [2.45, 2.75) is 37.8 Å². The zero-order valence-electron chi connectivity index (χ0n) is 17.7. The summed E-state index contributed by atoms with van der Waals surface area (Å²) in [6, 6.07) is 15.0. The Balaban J connectivity index is 1.43. The Hall–Kier alpha value is -2.83. The number of fused-ring (bicyclic) bond motifs is 2. The van der Waals surface area contributed by atoms with Gasteiger partial charge in [-0.25, -0.2) is 0 Å². The fourth-order valence-electron chi connectivity index (χ4n) is 5.23. The van der Waals surface area contributed by atoms with Crippen LogP contribution in [0.4, 0.5) is 0 Å². The average molecular weight is 419 g/mol. The SMILES string of the molecule is NCC1CCN([C@@H]2Cc3ccccc3[C@H]2Oc2ccc3[nH]cc(CC(N)=O)c3c2)CC1. The molecule has 5 N–H and O–H groups in total. The normalized spacial score (nSPS) is 22.0. The van der Waals surface area contributed by atoms with Crippen molar-refractivity contribution in [1.29, 1.82) is 0 Å². The summed E-state index contributed by atoms with van der Waals surface area (Å²) in [5.41, 5.74) is 15.9. The number of piperidine rings is 1. The van der Waals surface area contributed by atoms with Crippen LogP contribution in [-0.2, 0) is 17.6 Å². The molecule has 1 aromatic heterocycles. The third-order valence-electron chi connectivity index (χ3n) is 6.96. The van der Waals surface area contributed by atoms with Gasteiger partial charge in [0.15, 0.2) is 0 Å². The summed E-state index contributed by atoms with van der Waals surface area (Å²) in [5.74, 6) is 1.12. The van der Waals surface area contributed by atoms with Crippen molar-refractivity contribution in [2.75, 3.05) is 19.6 Å². The summed E-state index contributed by atoms with van der Waals surface area (Å²) in [5, 5.41) is 0.989. The number of likely N-dealkylation sites (tertiary alicyclic amines) is 1. The third kappa shape index (κ3) is 3.93. The number of aromatic amines is 1. The quantitative estimate of drug-likeness (QED) is 0.573.